The van der Waals surface area contributed by atoms with Crippen molar-refractivity contribution in [1.29, 1.82) is 0 Å². The number of hydrogen-bond acceptors (Lipinski definition) is 2. The molecule has 3 heteroatoms. The number of rotatable bonds is 2. The third-order valence-corrected chi connectivity index (χ3v) is 2.18. The molecule has 0 unspecified atom stereocenters. The lowest BCUT2D eigenvalue weighted by Gasteiger charge is -2.10. The van der Waals surface area contributed by atoms with Crippen molar-refractivity contribution in [3.05, 3.63) is 59.4 Å². The number of nitrogens with zero attached hydrogens (tertiary/aromatic N) is 1. The van der Waals surface area contributed by atoms with E-state index in [0.29, 0.717) is 6.42 Å². The van der Waals surface area contributed by atoms with Crippen LogP contribution in [0.25, 0.3) is 0 Å². The predicted molar refractivity (Wildman–Crippen MR) is 57.6 cm³/mol. The summed E-state index contributed by atoms with van der Waals surface area (Å²) >= 11 is 0. The van der Waals surface area contributed by atoms with Crippen molar-refractivity contribution in [1.82, 2.24) is 5.32 Å². The summed E-state index contributed by atoms with van der Waals surface area (Å²) < 4.78 is 0. The minimum Gasteiger partial charge on any atom is -0.394 e. The fourth-order valence-corrected chi connectivity index (χ4v) is 1.39. The predicted octanol–water partition coefficient (Wildman–Crippen LogP) is 1.10. The summed E-state index contributed by atoms with van der Waals surface area (Å²) in [7, 11) is 0. The van der Waals surface area contributed by atoms with Crippen LogP contribution in [0.2, 0.25) is 0 Å². The van der Waals surface area contributed by atoms with E-state index in [-0.39, 0.29) is 11.6 Å². The van der Waals surface area contributed by atoms with Crippen molar-refractivity contribution in [2.75, 3.05) is 0 Å². The van der Waals surface area contributed by atoms with Crippen molar-refractivity contribution < 1.29 is 4.79 Å². The largest absolute Gasteiger partial charge is 0.394 e. The first-order chi connectivity index (χ1) is 7.25. The Bertz CT molecular complexity index is 432. The van der Waals surface area contributed by atoms with Gasteiger partial charge in [-0.25, -0.2) is 5.32 Å². The molecule has 2 N–H and O–H groups in total. The Morgan fingerprint density at radius 3 is 2.53 bits per heavy atom. The van der Waals surface area contributed by atoms with Crippen LogP contribution in [-0.4, -0.2) is 5.91 Å². The van der Waals surface area contributed by atoms with Gasteiger partial charge < -0.3 is 5.73 Å². The number of carbonyl (C=O) groups is 1. The van der Waals surface area contributed by atoms with Crippen LogP contribution >= 0.6 is 0 Å². The molecule has 1 aromatic rings. The zero-order valence-electron chi connectivity index (χ0n) is 8.18. The monoisotopic (exact) mass is 199 g/mol. The van der Waals surface area contributed by atoms with Crippen molar-refractivity contribution in [2.45, 2.75) is 6.42 Å². The number of hydrogen-bond donors (Lipinski definition) is 1. The van der Waals surface area contributed by atoms with Crippen molar-refractivity contribution in [3.8, 4) is 0 Å². The molecule has 1 radical (unpaired) electrons. The van der Waals surface area contributed by atoms with E-state index in [0.717, 1.165) is 11.3 Å². The molecule has 0 bridgehead atoms. The lowest BCUT2D eigenvalue weighted by molar-refractivity contribution is -0.117. The molecule has 0 spiro atoms. The van der Waals surface area contributed by atoms with Crippen molar-refractivity contribution in [3.63, 3.8) is 0 Å². The van der Waals surface area contributed by atoms with Crippen LogP contribution in [-0.2, 0) is 11.2 Å². The van der Waals surface area contributed by atoms with E-state index in [1.54, 1.807) is 12.2 Å². The van der Waals surface area contributed by atoms with Crippen LogP contribution in [0.15, 0.2) is 53.9 Å². The molecule has 75 valence electrons. The normalized spacial score (nSPS) is 15.3. The van der Waals surface area contributed by atoms with Crippen molar-refractivity contribution >= 4 is 5.91 Å². The lowest BCUT2D eigenvalue weighted by atomic mass is 10.1. The van der Waals surface area contributed by atoms with E-state index in [2.05, 4.69) is 5.32 Å². The van der Waals surface area contributed by atoms with Gasteiger partial charge in [0.25, 0.3) is 5.91 Å². The minimum atomic E-state index is -0.344. The molecule has 2 rings (SSSR count). The topological polar surface area (TPSA) is 57.2 Å². The molecule has 0 aliphatic carbocycles. The van der Waals surface area contributed by atoms with Gasteiger partial charge in [-0.05, 0) is 17.7 Å². The fourth-order valence-electron chi connectivity index (χ4n) is 1.39. The summed E-state index contributed by atoms with van der Waals surface area (Å²) in [6.45, 7) is 0. The zero-order chi connectivity index (χ0) is 10.7. The van der Waals surface area contributed by atoms with Crippen LogP contribution in [0.1, 0.15) is 5.56 Å². The van der Waals surface area contributed by atoms with Gasteiger partial charge in [-0.1, -0.05) is 30.3 Å². The number of carbonyl (C=O) groups excluding carboxylic acids is 1. The standard InChI is InChI=1S/C12H11N2O/c13-11-7-6-10(14-12(11)15)8-9-4-2-1-3-5-9/h1-7H,8,13H2. The maximum Gasteiger partial charge on any atom is 0.293 e. The number of benzene rings is 1. The van der Waals surface area contributed by atoms with E-state index in [1.807, 2.05) is 30.3 Å². The van der Waals surface area contributed by atoms with Gasteiger partial charge in [0.05, 0.1) is 5.70 Å². The molecule has 1 amide bonds. The first-order valence-corrected chi connectivity index (χ1v) is 4.72. The molecule has 3 nitrogen and oxygen atoms in total. The first-order valence-electron chi connectivity index (χ1n) is 4.72. The summed E-state index contributed by atoms with van der Waals surface area (Å²) in [5, 5.41) is 3.89. The quantitative estimate of drug-likeness (QED) is 0.775. The van der Waals surface area contributed by atoms with E-state index < -0.39 is 0 Å². The third kappa shape index (κ3) is 2.26. The molecule has 0 fully saturated rings. The van der Waals surface area contributed by atoms with Gasteiger partial charge in [-0.3, -0.25) is 4.79 Å². The maximum atomic E-state index is 11.2. The SMILES string of the molecule is NC1=CC=C(Cc2ccccc2)[N]C1=O. The van der Waals surface area contributed by atoms with Crippen molar-refractivity contribution in [2.24, 2.45) is 5.73 Å². The Morgan fingerprint density at radius 1 is 1.13 bits per heavy atom. The smallest absolute Gasteiger partial charge is 0.293 e. The molecule has 0 atom stereocenters. The summed E-state index contributed by atoms with van der Waals surface area (Å²) in [5.41, 5.74) is 7.49. The molecule has 1 aliphatic rings. The first kappa shape index (κ1) is 9.52. The Balaban J connectivity index is 2.12. The summed E-state index contributed by atoms with van der Waals surface area (Å²) in [5.74, 6) is -0.344. The van der Waals surface area contributed by atoms with Gasteiger partial charge in [0.2, 0.25) is 0 Å². The number of amides is 1. The highest BCUT2D eigenvalue weighted by molar-refractivity contribution is 5.94. The molecular weight excluding hydrogens is 188 g/mol. The average molecular weight is 199 g/mol. The van der Waals surface area contributed by atoms with Gasteiger partial charge in [0, 0.05) is 12.1 Å². The Morgan fingerprint density at radius 2 is 1.87 bits per heavy atom. The Labute approximate surface area is 88.3 Å². The maximum absolute atomic E-state index is 11.2. The number of allylic oxidation sites excluding steroid dienone is 3. The molecule has 0 saturated carbocycles. The third-order valence-electron chi connectivity index (χ3n) is 2.18. The molecule has 0 aromatic heterocycles. The second-order valence-electron chi connectivity index (χ2n) is 3.36. The molecule has 1 aliphatic heterocycles. The lowest BCUT2D eigenvalue weighted by Crippen LogP contribution is -2.25. The van der Waals surface area contributed by atoms with E-state index in [1.165, 1.54) is 0 Å². The molecule has 1 aromatic carbocycles. The van der Waals surface area contributed by atoms with Gasteiger partial charge in [0.15, 0.2) is 0 Å². The number of nitrogens with two attached hydrogens (primary N) is 1. The van der Waals surface area contributed by atoms with Gasteiger partial charge >= 0.3 is 0 Å². The van der Waals surface area contributed by atoms with Gasteiger partial charge in [-0.2, -0.15) is 0 Å². The van der Waals surface area contributed by atoms with Gasteiger partial charge in [0.1, 0.15) is 0 Å². The van der Waals surface area contributed by atoms with Crippen LogP contribution in [0.4, 0.5) is 0 Å². The highest BCUT2D eigenvalue weighted by Gasteiger charge is 2.13. The highest BCUT2D eigenvalue weighted by Crippen LogP contribution is 2.10. The van der Waals surface area contributed by atoms with Crippen LogP contribution in [0, 0.1) is 0 Å². The second kappa shape index (κ2) is 4.00. The summed E-state index contributed by atoms with van der Waals surface area (Å²) in [6, 6.07) is 9.89. The van der Waals surface area contributed by atoms with Gasteiger partial charge in [-0.15, -0.1) is 0 Å². The van der Waals surface area contributed by atoms with Crippen LogP contribution < -0.4 is 11.1 Å². The molecular formula is C12H11N2O. The van der Waals surface area contributed by atoms with E-state index in [4.69, 9.17) is 5.73 Å². The Kier molecular flexibility index (Phi) is 2.54. The van der Waals surface area contributed by atoms with E-state index >= 15 is 0 Å². The Hall–Kier alpha value is -2.03. The zero-order valence-corrected chi connectivity index (χ0v) is 8.18. The minimum absolute atomic E-state index is 0.201. The van der Waals surface area contributed by atoms with Crippen LogP contribution in [0.3, 0.4) is 0 Å². The molecule has 0 saturated heterocycles. The van der Waals surface area contributed by atoms with Crippen LogP contribution in [0.5, 0.6) is 0 Å². The average Bonchev–Trinajstić information content (AvgIpc) is 2.25. The summed E-state index contributed by atoms with van der Waals surface area (Å²) in [6.07, 6.45) is 4.05. The highest BCUT2D eigenvalue weighted by atomic mass is 16.2. The molecule has 15 heavy (non-hydrogen) atoms. The second-order valence-corrected chi connectivity index (χ2v) is 3.36. The summed E-state index contributed by atoms with van der Waals surface area (Å²) in [4.78, 5) is 11.2. The van der Waals surface area contributed by atoms with E-state index in [9.17, 15) is 4.79 Å². The fraction of sp³-hybridized carbons (Fsp3) is 0.0833. The molecule has 1 heterocycles.